The van der Waals surface area contributed by atoms with E-state index in [0.29, 0.717) is 11.3 Å². The molecule has 2 N–H and O–H groups in total. The van der Waals surface area contributed by atoms with Crippen molar-refractivity contribution in [2.45, 2.75) is 53.0 Å². The molecular weight excluding hydrogens is 286 g/mol. The van der Waals surface area contributed by atoms with Crippen molar-refractivity contribution >= 4 is 15.9 Å². The molecule has 0 saturated carbocycles. The Balaban J connectivity index is 2.47. The molecule has 0 radical (unpaired) electrons. The van der Waals surface area contributed by atoms with Crippen LogP contribution in [0.25, 0.3) is 0 Å². The van der Waals surface area contributed by atoms with Gasteiger partial charge in [-0.2, -0.15) is 0 Å². The maximum atomic E-state index is 6.27. The third kappa shape index (κ3) is 6.01. The van der Waals surface area contributed by atoms with Gasteiger partial charge in [-0.1, -0.05) is 61.8 Å². The summed E-state index contributed by atoms with van der Waals surface area (Å²) in [5, 5.41) is 0. The van der Waals surface area contributed by atoms with Crippen molar-refractivity contribution in [2.24, 2.45) is 17.1 Å². The summed E-state index contributed by atoms with van der Waals surface area (Å²) in [7, 11) is 0. The van der Waals surface area contributed by atoms with Gasteiger partial charge in [0.2, 0.25) is 0 Å². The van der Waals surface area contributed by atoms with E-state index in [1.807, 2.05) is 6.07 Å². The minimum atomic E-state index is 0.251. The smallest absolute Gasteiger partial charge is 0.0207 e. The van der Waals surface area contributed by atoms with E-state index >= 15 is 0 Å². The van der Waals surface area contributed by atoms with Crippen LogP contribution in [0, 0.1) is 11.3 Å². The summed E-state index contributed by atoms with van der Waals surface area (Å²) in [5.41, 5.74) is 7.98. The van der Waals surface area contributed by atoms with Gasteiger partial charge in [0.05, 0.1) is 0 Å². The normalized spacial score (nSPS) is 15.4. The van der Waals surface area contributed by atoms with Gasteiger partial charge in [0.15, 0.2) is 0 Å². The lowest BCUT2D eigenvalue weighted by Crippen LogP contribution is -2.27. The quantitative estimate of drug-likeness (QED) is 0.832. The lowest BCUT2D eigenvalue weighted by molar-refractivity contribution is 0.285. The maximum Gasteiger partial charge on any atom is 0.0207 e. The number of hydrogen-bond acceptors (Lipinski definition) is 1. The average molecular weight is 312 g/mol. The van der Waals surface area contributed by atoms with Crippen LogP contribution in [-0.2, 0) is 6.42 Å². The van der Waals surface area contributed by atoms with Crippen LogP contribution >= 0.6 is 15.9 Å². The Morgan fingerprint density at radius 2 is 1.83 bits per heavy atom. The van der Waals surface area contributed by atoms with Crippen LogP contribution in [0.2, 0.25) is 0 Å². The molecule has 2 unspecified atom stereocenters. The summed E-state index contributed by atoms with van der Waals surface area (Å²) in [5.74, 6) is 0.683. The van der Waals surface area contributed by atoms with Gasteiger partial charge in [0, 0.05) is 10.5 Å². The van der Waals surface area contributed by atoms with E-state index in [1.54, 1.807) is 0 Å². The Kier molecular flexibility index (Phi) is 5.87. The highest BCUT2D eigenvalue weighted by Crippen LogP contribution is 2.27. The Morgan fingerprint density at radius 1 is 1.22 bits per heavy atom. The molecule has 2 heteroatoms. The number of halogens is 1. The second-order valence-corrected chi connectivity index (χ2v) is 7.52. The molecule has 102 valence electrons. The van der Waals surface area contributed by atoms with Crippen LogP contribution in [0.1, 0.15) is 46.1 Å². The maximum absolute atomic E-state index is 6.27. The first-order valence-electron chi connectivity index (χ1n) is 6.77. The molecular formula is C16H26BrN. The molecule has 0 aliphatic carbocycles. The fraction of sp³-hybridized carbons (Fsp3) is 0.625. The van der Waals surface area contributed by atoms with Crippen molar-refractivity contribution in [1.29, 1.82) is 0 Å². The summed E-state index contributed by atoms with van der Waals surface area (Å²) in [6.07, 6.45) is 3.28. The monoisotopic (exact) mass is 311 g/mol. The van der Waals surface area contributed by atoms with Crippen LogP contribution in [0.4, 0.5) is 0 Å². The standard InChI is InChI=1S/C16H26BrN/c1-12(11-16(2,3)4)9-14(18)10-13-7-5-6-8-15(13)17/h5-8,12,14H,9-11,18H2,1-4H3. The van der Waals surface area contributed by atoms with E-state index in [4.69, 9.17) is 5.73 Å². The Hall–Kier alpha value is -0.340. The SMILES string of the molecule is CC(CC(N)Cc1ccccc1Br)CC(C)(C)C. The molecule has 0 saturated heterocycles. The van der Waals surface area contributed by atoms with Crippen molar-refractivity contribution in [3.63, 3.8) is 0 Å². The molecule has 1 aromatic rings. The molecule has 1 rings (SSSR count). The predicted octanol–water partition coefficient (Wildman–Crippen LogP) is 4.78. The highest BCUT2D eigenvalue weighted by molar-refractivity contribution is 9.10. The lowest BCUT2D eigenvalue weighted by atomic mass is 9.82. The van der Waals surface area contributed by atoms with Gasteiger partial charge in [-0.3, -0.25) is 0 Å². The first kappa shape index (κ1) is 15.7. The highest BCUT2D eigenvalue weighted by atomic mass is 79.9. The summed E-state index contributed by atoms with van der Waals surface area (Å²) in [6, 6.07) is 8.60. The van der Waals surface area contributed by atoms with Crippen molar-refractivity contribution < 1.29 is 0 Å². The molecule has 2 atom stereocenters. The van der Waals surface area contributed by atoms with E-state index < -0.39 is 0 Å². The zero-order chi connectivity index (χ0) is 13.8. The molecule has 0 aliphatic heterocycles. The second kappa shape index (κ2) is 6.72. The van der Waals surface area contributed by atoms with E-state index in [9.17, 15) is 0 Å². The zero-order valence-electron chi connectivity index (χ0n) is 12.0. The van der Waals surface area contributed by atoms with E-state index in [1.165, 1.54) is 16.5 Å². The molecule has 1 nitrogen and oxygen atoms in total. The number of nitrogens with two attached hydrogens (primary N) is 1. The molecule has 0 aromatic heterocycles. The fourth-order valence-electron chi connectivity index (χ4n) is 2.68. The molecule has 0 bridgehead atoms. The zero-order valence-corrected chi connectivity index (χ0v) is 13.6. The van der Waals surface area contributed by atoms with Gasteiger partial charge in [0.25, 0.3) is 0 Å². The first-order chi connectivity index (χ1) is 8.28. The van der Waals surface area contributed by atoms with Gasteiger partial charge >= 0.3 is 0 Å². The molecule has 0 fully saturated rings. The number of rotatable bonds is 5. The van der Waals surface area contributed by atoms with Crippen LogP contribution in [0.3, 0.4) is 0 Å². The van der Waals surface area contributed by atoms with Crippen molar-refractivity contribution in [2.75, 3.05) is 0 Å². The molecule has 0 amide bonds. The van der Waals surface area contributed by atoms with Crippen LogP contribution in [0.15, 0.2) is 28.7 Å². The van der Waals surface area contributed by atoms with E-state index in [2.05, 4.69) is 61.8 Å². The Morgan fingerprint density at radius 3 is 2.39 bits per heavy atom. The summed E-state index contributed by atoms with van der Waals surface area (Å²) < 4.78 is 1.17. The largest absolute Gasteiger partial charge is 0.327 e. The fourth-order valence-corrected chi connectivity index (χ4v) is 3.12. The summed E-state index contributed by atoms with van der Waals surface area (Å²) in [6.45, 7) is 9.19. The van der Waals surface area contributed by atoms with Gasteiger partial charge in [-0.15, -0.1) is 0 Å². The van der Waals surface area contributed by atoms with Crippen molar-refractivity contribution in [3.8, 4) is 0 Å². The number of hydrogen-bond donors (Lipinski definition) is 1. The lowest BCUT2D eigenvalue weighted by Gasteiger charge is -2.25. The molecule has 0 aliphatic rings. The molecule has 1 aromatic carbocycles. The van der Waals surface area contributed by atoms with Crippen LogP contribution in [-0.4, -0.2) is 6.04 Å². The van der Waals surface area contributed by atoms with Gasteiger partial charge in [-0.25, -0.2) is 0 Å². The van der Waals surface area contributed by atoms with E-state index in [0.717, 1.165) is 12.8 Å². The van der Waals surface area contributed by atoms with Gasteiger partial charge in [-0.05, 0) is 42.2 Å². The summed E-state index contributed by atoms with van der Waals surface area (Å²) >= 11 is 3.58. The average Bonchev–Trinajstić information content (AvgIpc) is 2.18. The Bertz CT molecular complexity index is 368. The predicted molar refractivity (Wildman–Crippen MR) is 83.7 cm³/mol. The highest BCUT2D eigenvalue weighted by Gasteiger charge is 2.18. The third-order valence-corrected chi connectivity index (χ3v) is 3.88. The summed E-state index contributed by atoms with van der Waals surface area (Å²) in [4.78, 5) is 0. The molecule has 18 heavy (non-hydrogen) atoms. The minimum absolute atomic E-state index is 0.251. The van der Waals surface area contributed by atoms with Crippen molar-refractivity contribution in [1.82, 2.24) is 0 Å². The van der Waals surface area contributed by atoms with Crippen LogP contribution < -0.4 is 5.73 Å². The van der Waals surface area contributed by atoms with Crippen molar-refractivity contribution in [3.05, 3.63) is 34.3 Å². The first-order valence-corrected chi connectivity index (χ1v) is 7.56. The Labute approximate surface area is 120 Å². The van der Waals surface area contributed by atoms with Gasteiger partial charge < -0.3 is 5.73 Å². The molecule has 0 heterocycles. The third-order valence-electron chi connectivity index (χ3n) is 3.11. The minimum Gasteiger partial charge on any atom is -0.327 e. The topological polar surface area (TPSA) is 26.0 Å². The van der Waals surface area contributed by atoms with Gasteiger partial charge in [0.1, 0.15) is 0 Å². The number of benzene rings is 1. The molecule has 0 spiro atoms. The van der Waals surface area contributed by atoms with Crippen LogP contribution in [0.5, 0.6) is 0 Å². The van der Waals surface area contributed by atoms with E-state index in [-0.39, 0.29) is 6.04 Å². The second-order valence-electron chi connectivity index (χ2n) is 6.66.